The highest BCUT2D eigenvalue weighted by molar-refractivity contribution is 7.92. The largest absolute Gasteiger partial charge is 0.491 e. The lowest BCUT2D eigenvalue weighted by atomic mass is 10.2. The van der Waals surface area contributed by atoms with E-state index in [1.807, 2.05) is 64.1 Å². The van der Waals surface area contributed by atoms with Crippen LogP contribution in [0.3, 0.4) is 0 Å². The molecule has 6 nitrogen and oxygen atoms in total. The van der Waals surface area contributed by atoms with E-state index in [1.165, 1.54) is 0 Å². The van der Waals surface area contributed by atoms with E-state index in [0.717, 1.165) is 26.7 Å². The number of hydrogen-bond donors (Lipinski definition) is 1. The minimum absolute atomic E-state index is 0.139. The maximum atomic E-state index is 13.5. The Hall–Kier alpha value is -3.32. The van der Waals surface area contributed by atoms with Crippen LogP contribution in [0.1, 0.15) is 23.6 Å². The van der Waals surface area contributed by atoms with Gasteiger partial charge in [-0.2, -0.15) is 0 Å². The van der Waals surface area contributed by atoms with Crippen LogP contribution in [0.25, 0.3) is 0 Å². The number of rotatable bonds is 9. The number of amides is 1. The van der Waals surface area contributed by atoms with Gasteiger partial charge < -0.3 is 10.1 Å². The first-order valence-corrected chi connectivity index (χ1v) is 12.3. The van der Waals surface area contributed by atoms with E-state index in [0.29, 0.717) is 5.69 Å². The Kier molecular flexibility index (Phi) is 7.76. The first-order valence-electron chi connectivity index (χ1n) is 10.8. The molecular weight excluding hydrogens is 436 g/mol. The van der Waals surface area contributed by atoms with Crippen molar-refractivity contribution in [1.82, 2.24) is 5.32 Å². The fraction of sp³-hybridized carbons (Fsp3) is 0.269. The molecule has 3 aromatic rings. The zero-order chi connectivity index (χ0) is 24.0. The van der Waals surface area contributed by atoms with Crippen LogP contribution in [0.5, 0.6) is 5.75 Å². The summed E-state index contributed by atoms with van der Waals surface area (Å²) in [6.07, 6.45) is 0. The quantitative estimate of drug-likeness (QED) is 0.507. The highest BCUT2D eigenvalue weighted by atomic mass is 32.2. The van der Waals surface area contributed by atoms with Crippen molar-refractivity contribution in [2.45, 2.75) is 38.6 Å². The maximum Gasteiger partial charge on any atom is 0.264 e. The van der Waals surface area contributed by atoms with Crippen LogP contribution in [0.4, 0.5) is 5.69 Å². The molecule has 1 N–H and O–H groups in total. The summed E-state index contributed by atoms with van der Waals surface area (Å²) in [5.74, 6) is 0.344. The molecule has 0 aromatic heterocycles. The Morgan fingerprint density at radius 1 is 0.909 bits per heavy atom. The molecule has 0 spiro atoms. The van der Waals surface area contributed by atoms with E-state index >= 15 is 0 Å². The minimum atomic E-state index is -3.94. The molecular formula is C26H30N2O4S. The normalized spacial score (nSPS) is 12.1. The second kappa shape index (κ2) is 10.5. The van der Waals surface area contributed by atoms with Crippen molar-refractivity contribution in [3.63, 3.8) is 0 Å². The predicted octanol–water partition coefficient (Wildman–Crippen LogP) is 4.39. The number of para-hydroxylation sites is 2. The van der Waals surface area contributed by atoms with Gasteiger partial charge in [0.05, 0.1) is 16.6 Å². The highest BCUT2D eigenvalue weighted by Crippen LogP contribution is 2.26. The summed E-state index contributed by atoms with van der Waals surface area (Å²) in [5.41, 5.74) is 3.19. The Morgan fingerprint density at radius 2 is 1.52 bits per heavy atom. The number of nitrogens with one attached hydrogen (secondary N) is 1. The number of sulfonamides is 1. The predicted molar refractivity (Wildman–Crippen MR) is 131 cm³/mol. The van der Waals surface area contributed by atoms with Gasteiger partial charge in [-0.05, 0) is 63.1 Å². The van der Waals surface area contributed by atoms with Gasteiger partial charge in [0.2, 0.25) is 5.91 Å². The average molecular weight is 467 g/mol. The number of carbonyl (C=O) groups is 1. The fourth-order valence-corrected chi connectivity index (χ4v) is 4.89. The molecule has 0 fully saturated rings. The summed E-state index contributed by atoms with van der Waals surface area (Å²) in [5, 5.41) is 2.85. The molecule has 0 radical (unpaired) electrons. The van der Waals surface area contributed by atoms with Crippen molar-refractivity contribution >= 4 is 21.6 Å². The van der Waals surface area contributed by atoms with Gasteiger partial charge in [0.1, 0.15) is 18.9 Å². The molecule has 3 aromatic carbocycles. The van der Waals surface area contributed by atoms with Crippen LogP contribution in [0.2, 0.25) is 0 Å². The fourth-order valence-electron chi connectivity index (χ4n) is 3.41. The van der Waals surface area contributed by atoms with Gasteiger partial charge >= 0.3 is 0 Å². The van der Waals surface area contributed by atoms with Crippen LogP contribution < -0.4 is 14.4 Å². The molecule has 1 amide bonds. The molecule has 0 aliphatic rings. The molecule has 1 atom stereocenters. The summed E-state index contributed by atoms with van der Waals surface area (Å²) in [6.45, 7) is 7.42. The molecule has 7 heteroatoms. The van der Waals surface area contributed by atoms with Crippen molar-refractivity contribution in [3.8, 4) is 5.75 Å². The smallest absolute Gasteiger partial charge is 0.264 e. The molecule has 174 valence electrons. The summed E-state index contributed by atoms with van der Waals surface area (Å²) >= 11 is 0. The summed E-state index contributed by atoms with van der Waals surface area (Å²) < 4.78 is 33.9. The van der Waals surface area contributed by atoms with Gasteiger partial charge in [0, 0.05) is 0 Å². The van der Waals surface area contributed by atoms with Crippen LogP contribution >= 0.6 is 0 Å². The van der Waals surface area contributed by atoms with Crippen molar-refractivity contribution in [1.29, 1.82) is 0 Å². The Morgan fingerprint density at radius 3 is 2.15 bits per heavy atom. The molecule has 0 bridgehead atoms. The zero-order valence-electron chi connectivity index (χ0n) is 19.4. The first-order chi connectivity index (χ1) is 15.7. The standard InChI is InChI=1S/C26H30N2O4S/c1-19-13-15-23(16-14-19)33(30,31)28(24-11-7-5-9-20(24)2)17-26(29)27-22(4)18-32-25-12-8-6-10-21(25)3/h5-16,22H,17-18H2,1-4H3,(H,27,29). The monoisotopic (exact) mass is 466 g/mol. The lowest BCUT2D eigenvalue weighted by Crippen LogP contribution is -2.45. The third-order valence-corrected chi connectivity index (χ3v) is 7.04. The molecule has 0 saturated heterocycles. The molecule has 1 unspecified atom stereocenters. The maximum absolute atomic E-state index is 13.5. The molecule has 33 heavy (non-hydrogen) atoms. The van der Waals surface area contributed by atoms with Crippen molar-refractivity contribution < 1.29 is 17.9 Å². The number of aryl methyl sites for hydroxylation is 3. The third-order valence-electron chi connectivity index (χ3n) is 5.27. The number of ether oxygens (including phenoxy) is 1. The lowest BCUT2D eigenvalue weighted by molar-refractivity contribution is -0.120. The molecule has 0 aliphatic carbocycles. The van der Waals surface area contributed by atoms with Gasteiger partial charge in [-0.3, -0.25) is 9.10 Å². The highest BCUT2D eigenvalue weighted by Gasteiger charge is 2.28. The second-order valence-electron chi connectivity index (χ2n) is 8.16. The summed E-state index contributed by atoms with van der Waals surface area (Å²) in [6, 6.07) is 21.1. The number of benzene rings is 3. The van der Waals surface area contributed by atoms with Gasteiger partial charge in [-0.15, -0.1) is 0 Å². The Bertz CT molecular complexity index is 1210. The lowest BCUT2D eigenvalue weighted by Gasteiger charge is -2.26. The first kappa shape index (κ1) is 24.3. The van der Waals surface area contributed by atoms with Crippen LogP contribution in [-0.2, 0) is 14.8 Å². The van der Waals surface area contributed by atoms with Crippen molar-refractivity contribution in [3.05, 3.63) is 89.5 Å². The zero-order valence-corrected chi connectivity index (χ0v) is 20.2. The van der Waals surface area contributed by atoms with Gasteiger partial charge in [0.15, 0.2) is 0 Å². The van der Waals surface area contributed by atoms with E-state index in [2.05, 4.69) is 5.32 Å². The molecule has 3 rings (SSSR count). The summed E-state index contributed by atoms with van der Waals surface area (Å²) in [4.78, 5) is 13.0. The minimum Gasteiger partial charge on any atom is -0.491 e. The van der Waals surface area contributed by atoms with Crippen LogP contribution in [-0.4, -0.2) is 33.5 Å². The third kappa shape index (κ3) is 6.14. The van der Waals surface area contributed by atoms with E-state index in [4.69, 9.17) is 4.74 Å². The Balaban J connectivity index is 1.77. The van der Waals surface area contributed by atoms with Crippen LogP contribution in [0.15, 0.2) is 77.7 Å². The van der Waals surface area contributed by atoms with Gasteiger partial charge in [0.25, 0.3) is 10.0 Å². The van der Waals surface area contributed by atoms with Crippen molar-refractivity contribution in [2.75, 3.05) is 17.5 Å². The van der Waals surface area contributed by atoms with Gasteiger partial charge in [-0.25, -0.2) is 8.42 Å². The Labute approximate surface area is 196 Å². The van der Waals surface area contributed by atoms with E-state index in [9.17, 15) is 13.2 Å². The van der Waals surface area contributed by atoms with E-state index < -0.39 is 15.9 Å². The molecule has 0 saturated carbocycles. The van der Waals surface area contributed by atoms with Crippen LogP contribution in [0, 0.1) is 20.8 Å². The number of carbonyl (C=O) groups excluding carboxylic acids is 1. The SMILES string of the molecule is Cc1ccc(S(=O)(=O)N(CC(=O)NC(C)COc2ccccc2C)c2ccccc2C)cc1. The van der Waals surface area contributed by atoms with E-state index in [1.54, 1.807) is 36.4 Å². The average Bonchev–Trinajstić information content (AvgIpc) is 2.78. The summed E-state index contributed by atoms with van der Waals surface area (Å²) in [7, 11) is -3.94. The van der Waals surface area contributed by atoms with Gasteiger partial charge in [-0.1, -0.05) is 54.1 Å². The molecule has 0 aliphatic heterocycles. The van der Waals surface area contributed by atoms with E-state index in [-0.39, 0.29) is 24.1 Å². The number of nitrogens with zero attached hydrogens (tertiary/aromatic N) is 1. The molecule has 0 heterocycles. The number of hydrogen-bond acceptors (Lipinski definition) is 4. The second-order valence-corrected chi connectivity index (χ2v) is 10.0. The van der Waals surface area contributed by atoms with Crippen molar-refractivity contribution in [2.24, 2.45) is 0 Å². The topological polar surface area (TPSA) is 75.7 Å². The number of anilines is 1.